The zero-order valence-electron chi connectivity index (χ0n) is 12.3. The fourth-order valence-corrected chi connectivity index (χ4v) is 3.34. The summed E-state index contributed by atoms with van der Waals surface area (Å²) >= 11 is 0. The molecule has 122 valence electrons. The lowest BCUT2D eigenvalue weighted by atomic mass is 10.1. The number of benzene rings is 2. The van der Waals surface area contributed by atoms with Gasteiger partial charge in [-0.1, -0.05) is 18.2 Å². The van der Waals surface area contributed by atoms with Crippen molar-refractivity contribution in [3.8, 4) is 11.5 Å². The van der Waals surface area contributed by atoms with Crippen LogP contribution in [0.5, 0.6) is 11.5 Å². The monoisotopic (exact) mass is 337 g/mol. The molecule has 1 heterocycles. The summed E-state index contributed by atoms with van der Waals surface area (Å²) in [6.07, 6.45) is 0.274. The maximum Gasteiger partial charge on any atom is 0.240 e. The van der Waals surface area contributed by atoms with Crippen LogP contribution in [0.2, 0.25) is 0 Å². The second-order valence-electron chi connectivity index (χ2n) is 5.04. The van der Waals surface area contributed by atoms with Crippen LogP contribution in [0.4, 0.5) is 4.39 Å². The van der Waals surface area contributed by atoms with Gasteiger partial charge in [-0.05, 0) is 30.2 Å². The normalized spacial score (nSPS) is 13.8. The fraction of sp³-hybridized carbons (Fsp3) is 0.250. The molecule has 3 rings (SSSR count). The number of hydrogen-bond donors (Lipinski definition) is 1. The summed E-state index contributed by atoms with van der Waals surface area (Å²) in [5, 5.41) is 0. The van der Waals surface area contributed by atoms with Crippen molar-refractivity contribution in [1.29, 1.82) is 0 Å². The van der Waals surface area contributed by atoms with Crippen LogP contribution in [-0.4, -0.2) is 28.2 Å². The Bertz CT molecular complexity index is 807. The van der Waals surface area contributed by atoms with Gasteiger partial charge in [0.1, 0.15) is 19.0 Å². The number of nitrogens with one attached hydrogen (secondary N) is 1. The number of rotatable bonds is 5. The van der Waals surface area contributed by atoms with Gasteiger partial charge in [0, 0.05) is 12.6 Å². The van der Waals surface area contributed by atoms with Crippen molar-refractivity contribution in [2.45, 2.75) is 11.3 Å². The second kappa shape index (κ2) is 6.55. The minimum atomic E-state index is -3.68. The van der Waals surface area contributed by atoms with E-state index in [0.29, 0.717) is 30.3 Å². The van der Waals surface area contributed by atoms with E-state index in [1.165, 1.54) is 18.2 Å². The summed E-state index contributed by atoms with van der Waals surface area (Å²) in [5.74, 6) is 0.598. The third-order valence-corrected chi connectivity index (χ3v) is 4.93. The van der Waals surface area contributed by atoms with Gasteiger partial charge in [0.05, 0.1) is 4.90 Å². The SMILES string of the molecule is O=S(=O)(NCCc1ccccc1F)c1ccc2c(c1)OCCO2. The van der Waals surface area contributed by atoms with Gasteiger partial charge in [-0.2, -0.15) is 0 Å². The van der Waals surface area contributed by atoms with Crippen LogP contribution in [0.25, 0.3) is 0 Å². The highest BCUT2D eigenvalue weighted by Gasteiger charge is 2.19. The van der Waals surface area contributed by atoms with Crippen LogP contribution < -0.4 is 14.2 Å². The maximum atomic E-state index is 13.5. The van der Waals surface area contributed by atoms with E-state index in [2.05, 4.69) is 4.72 Å². The van der Waals surface area contributed by atoms with Crippen LogP contribution in [0.1, 0.15) is 5.56 Å². The van der Waals surface area contributed by atoms with E-state index in [4.69, 9.17) is 9.47 Å². The molecule has 0 unspecified atom stereocenters. The Hall–Kier alpha value is -2.12. The number of ether oxygens (including phenoxy) is 2. The molecule has 23 heavy (non-hydrogen) atoms. The lowest BCUT2D eigenvalue weighted by Crippen LogP contribution is -2.26. The van der Waals surface area contributed by atoms with E-state index >= 15 is 0 Å². The van der Waals surface area contributed by atoms with Gasteiger partial charge in [-0.25, -0.2) is 17.5 Å². The summed E-state index contributed by atoms with van der Waals surface area (Å²) in [6.45, 7) is 0.939. The first-order valence-electron chi connectivity index (χ1n) is 7.19. The molecule has 7 heteroatoms. The van der Waals surface area contributed by atoms with Gasteiger partial charge < -0.3 is 9.47 Å². The molecular weight excluding hydrogens is 321 g/mol. The molecule has 0 saturated carbocycles. The topological polar surface area (TPSA) is 64.6 Å². The van der Waals surface area contributed by atoms with E-state index in [-0.39, 0.29) is 23.7 Å². The molecule has 1 N–H and O–H groups in total. The van der Waals surface area contributed by atoms with Crippen molar-refractivity contribution >= 4 is 10.0 Å². The van der Waals surface area contributed by atoms with Gasteiger partial charge >= 0.3 is 0 Å². The molecule has 0 spiro atoms. The Morgan fingerprint density at radius 1 is 1.04 bits per heavy atom. The van der Waals surface area contributed by atoms with Crippen LogP contribution in [0.3, 0.4) is 0 Å². The van der Waals surface area contributed by atoms with Crippen molar-refractivity contribution in [2.24, 2.45) is 0 Å². The highest BCUT2D eigenvalue weighted by Crippen LogP contribution is 2.32. The summed E-state index contributed by atoms with van der Waals surface area (Å²) in [7, 11) is -3.68. The van der Waals surface area contributed by atoms with Gasteiger partial charge in [0.2, 0.25) is 10.0 Å². The Balaban J connectivity index is 1.68. The number of hydrogen-bond acceptors (Lipinski definition) is 4. The second-order valence-corrected chi connectivity index (χ2v) is 6.81. The molecule has 0 atom stereocenters. The van der Waals surface area contributed by atoms with Crippen molar-refractivity contribution < 1.29 is 22.3 Å². The number of sulfonamides is 1. The molecule has 0 radical (unpaired) electrons. The van der Waals surface area contributed by atoms with Crippen LogP contribution >= 0.6 is 0 Å². The fourth-order valence-electron chi connectivity index (χ4n) is 2.30. The number of fused-ring (bicyclic) bond motifs is 1. The lowest BCUT2D eigenvalue weighted by Gasteiger charge is -2.18. The molecular formula is C16H16FNO4S. The van der Waals surface area contributed by atoms with Crippen molar-refractivity contribution in [3.63, 3.8) is 0 Å². The molecule has 2 aromatic rings. The van der Waals surface area contributed by atoms with Gasteiger partial charge in [0.15, 0.2) is 11.5 Å². The largest absolute Gasteiger partial charge is 0.486 e. The molecule has 0 bridgehead atoms. The highest BCUT2D eigenvalue weighted by atomic mass is 32.2. The Morgan fingerprint density at radius 3 is 2.57 bits per heavy atom. The van der Waals surface area contributed by atoms with Crippen LogP contribution in [0.15, 0.2) is 47.4 Å². The maximum absolute atomic E-state index is 13.5. The molecule has 0 aromatic heterocycles. The predicted molar refractivity (Wildman–Crippen MR) is 82.7 cm³/mol. The third-order valence-electron chi connectivity index (χ3n) is 3.47. The molecule has 1 aliphatic rings. The molecule has 0 amide bonds. The van der Waals surface area contributed by atoms with Gasteiger partial charge in [-0.15, -0.1) is 0 Å². The van der Waals surface area contributed by atoms with Crippen LogP contribution in [0, 0.1) is 5.82 Å². The van der Waals surface area contributed by atoms with Crippen molar-refractivity contribution in [1.82, 2.24) is 4.72 Å². The van der Waals surface area contributed by atoms with Crippen molar-refractivity contribution in [3.05, 3.63) is 53.8 Å². The summed E-state index contributed by atoms with van der Waals surface area (Å²) in [4.78, 5) is 0.0929. The average Bonchev–Trinajstić information content (AvgIpc) is 2.56. The minimum Gasteiger partial charge on any atom is -0.486 e. The third kappa shape index (κ3) is 3.62. The predicted octanol–water partition coefficient (Wildman–Crippen LogP) is 2.12. The minimum absolute atomic E-state index is 0.0929. The molecule has 2 aromatic carbocycles. The summed E-state index contributed by atoms with van der Waals surface area (Å²) in [5.41, 5.74) is 0.470. The zero-order chi connectivity index (χ0) is 16.3. The first-order valence-corrected chi connectivity index (χ1v) is 8.67. The Kier molecular flexibility index (Phi) is 4.49. The van der Waals surface area contributed by atoms with E-state index in [1.54, 1.807) is 24.3 Å². The van der Waals surface area contributed by atoms with Crippen LogP contribution in [-0.2, 0) is 16.4 Å². The Labute approximate surface area is 134 Å². The summed E-state index contributed by atoms with van der Waals surface area (Å²) in [6, 6.07) is 10.8. The number of halogens is 1. The van der Waals surface area contributed by atoms with E-state index in [9.17, 15) is 12.8 Å². The van der Waals surface area contributed by atoms with Crippen molar-refractivity contribution in [2.75, 3.05) is 19.8 Å². The molecule has 5 nitrogen and oxygen atoms in total. The average molecular weight is 337 g/mol. The van der Waals surface area contributed by atoms with E-state index in [1.807, 2.05) is 0 Å². The quantitative estimate of drug-likeness (QED) is 0.908. The van der Waals surface area contributed by atoms with E-state index < -0.39 is 10.0 Å². The molecule has 1 aliphatic heterocycles. The lowest BCUT2D eigenvalue weighted by molar-refractivity contribution is 0.171. The molecule has 0 fully saturated rings. The molecule has 0 saturated heterocycles. The Morgan fingerprint density at radius 2 is 1.78 bits per heavy atom. The highest BCUT2D eigenvalue weighted by molar-refractivity contribution is 7.89. The standard InChI is InChI=1S/C16H16FNO4S/c17-14-4-2-1-3-12(14)7-8-18-23(19,20)13-5-6-15-16(11-13)22-10-9-21-15/h1-6,11,18H,7-10H2. The van der Waals surface area contributed by atoms with E-state index in [0.717, 1.165) is 0 Å². The summed E-state index contributed by atoms with van der Waals surface area (Å²) < 4.78 is 51.3. The first kappa shape index (κ1) is 15.8. The zero-order valence-corrected chi connectivity index (χ0v) is 13.1. The van der Waals surface area contributed by atoms with Gasteiger partial charge in [-0.3, -0.25) is 0 Å². The van der Waals surface area contributed by atoms with Gasteiger partial charge in [0.25, 0.3) is 0 Å². The molecule has 0 aliphatic carbocycles. The smallest absolute Gasteiger partial charge is 0.240 e. The first-order chi connectivity index (χ1) is 11.1.